The summed E-state index contributed by atoms with van der Waals surface area (Å²) in [4.78, 5) is 34.8. The standard InChI is InChI=1S/C24H23N7O/c1-17-6-5-9-19(14-17)28-24(32)31-12-10-30(11-13-31)23-21-22(26-16-27-23)25-15-20(29-21)18-7-3-2-4-8-18/h2-9,14-16H,10-13H2,1H3,(H,28,32). The van der Waals surface area contributed by atoms with Crippen LogP contribution in [0.4, 0.5) is 16.3 Å². The van der Waals surface area contributed by atoms with Gasteiger partial charge >= 0.3 is 6.03 Å². The Labute approximate surface area is 186 Å². The molecule has 0 bridgehead atoms. The molecule has 0 aliphatic carbocycles. The van der Waals surface area contributed by atoms with Crippen molar-refractivity contribution in [1.82, 2.24) is 24.8 Å². The second-order valence-electron chi connectivity index (χ2n) is 7.76. The molecule has 0 atom stereocenters. The van der Waals surface area contributed by atoms with Gasteiger partial charge in [-0.2, -0.15) is 0 Å². The predicted molar refractivity (Wildman–Crippen MR) is 125 cm³/mol. The first kappa shape index (κ1) is 19.9. The molecule has 8 nitrogen and oxygen atoms in total. The molecule has 32 heavy (non-hydrogen) atoms. The number of amides is 2. The molecule has 2 aromatic carbocycles. The Bertz CT molecular complexity index is 1250. The lowest BCUT2D eigenvalue weighted by Gasteiger charge is -2.35. The Morgan fingerprint density at radius 2 is 1.75 bits per heavy atom. The van der Waals surface area contributed by atoms with Gasteiger partial charge in [-0.3, -0.25) is 0 Å². The molecule has 0 spiro atoms. The number of aryl methyl sites for hydroxylation is 1. The van der Waals surface area contributed by atoms with E-state index in [1.807, 2.05) is 66.4 Å². The van der Waals surface area contributed by atoms with E-state index >= 15 is 0 Å². The Morgan fingerprint density at radius 3 is 2.53 bits per heavy atom. The van der Waals surface area contributed by atoms with E-state index in [4.69, 9.17) is 4.98 Å². The molecular formula is C24H23N7O. The zero-order valence-corrected chi connectivity index (χ0v) is 17.8. The fourth-order valence-corrected chi connectivity index (χ4v) is 3.85. The molecule has 8 heteroatoms. The van der Waals surface area contributed by atoms with E-state index in [0.29, 0.717) is 37.3 Å². The first-order valence-corrected chi connectivity index (χ1v) is 10.6. The van der Waals surface area contributed by atoms with Crippen molar-refractivity contribution in [3.63, 3.8) is 0 Å². The van der Waals surface area contributed by atoms with Crippen molar-refractivity contribution in [2.24, 2.45) is 0 Å². The van der Waals surface area contributed by atoms with Crippen molar-refractivity contribution in [3.05, 3.63) is 72.7 Å². The molecule has 1 N–H and O–H groups in total. The lowest BCUT2D eigenvalue weighted by Crippen LogP contribution is -2.50. The second kappa shape index (κ2) is 8.58. The topological polar surface area (TPSA) is 87.1 Å². The molecule has 4 aromatic rings. The summed E-state index contributed by atoms with van der Waals surface area (Å²) in [6.45, 7) is 4.51. The Hall–Kier alpha value is -4.07. The van der Waals surface area contributed by atoms with Crippen molar-refractivity contribution in [3.8, 4) is 11.3 Å². The number of urea groups is 1. The van der Waals surface area contributed by atoms with Gasteiger partial charge in [0.2, 0.25) is 0 Å². The molecule has 160 valence electrons. The third-order valence-corrected chi connectivity index (χ3v) is 5.53. The number of hydrogen-bond acceptors (Lipinski definition) is 6. The Balaban J connectivity index is 1.33. The third kappa shape index (κ3) is 4.07. The normalized spacial score (nSPS) is 13.9. The van der Waals surface area contributed by atoms with Gasteiger partial charge in [0.15, 0.2) is 17.0 Å². The summed E-state index contributed by atoms with van der Waals surface area (Å²) >= 11 is 0. The van der Waals surface area contributed by atoms with Gasteiger partial charge in [0.05, 0.1) is 11.9 Å². The summed E-state index contributed by atoms with van der Waals surface area (Å²) in [6, 6.07) is 17.7. The molecule has 5 rings (SSSR count). The summed E-state index contributed by atoms with van der Waals surface area (Å²) in [5, 5.41) is 2.98. The second-order valence-corrected chi connectivity index (χ2v) is 7.76. The van der Waals surface area contributed by atoms with Crippen LogP contribution in [-0.2, 0) is 0 Å². The van der Waals surface area contributed by atoms with Crippen LogP contribution in [0, 0.1) is 6.92 Å². The quantitative estimate of drug-likeness (QED) is 0.538. The lowest BCUT2D eigenvalue weighted by atomic mass is 10.1. The number of aromatic nitrogens is 4. The van der Waals surface area contributed by atoms with Gasteiger partial charge in [-0.1, -0.05) is 42.5 Å². The molecule has 1 saturated heterocycles. The maximum Gasteiger partial charge on any atom is 0.321 e. The van der Waals surface area contributed by atoms with Crippen LogP contribution in [0.15, 0.2) is 67.1 Å². The van der Waals surface area contributed by atoms with Crippen molar-refractivity contribution in [1.29, 1.82) is 0 Å². The third-order valence-electron chi connectivity index (χ3n) is 5.53. The molecule has 0 radical (unpaired) electrons. The molecule has 2 amide bonds. The monoisotopic (exact) mass is 425 g/mol. The van der Waals surface area contributed by atoms with Crippen LogP contribution < -0.4 is 10.2 Å². The average molecular weight is 425 g/mol. The van der Waals surface area contributed by atoms with Crippen molar-refractivity contribution < 1.29 is 4.79 Å². The van der Waals surface area contributed by atoms with Gasteiger partial charge in [-0.15, -0.1) is 0 Å². The van der Waals surface area contributed by atoms with Crippen LogP contribution in [0.5, 0.6) is 0 Å². The van der Waals surface area contributed by atoms with E-state index in [1.54, 1.807) is 6.20 Å². The summed E-state index contributed by atoms with van der Waals surface area (Å²) in [5.41, 5.74) is 4.93. The number of benzene rings is 2. The Morgan fingerprint density at radius 1 is 0.938 bits per heavy atom. The number of rotatable bonds is 3. The van der Waals surface area contributed by atoms with E-state index in [2.05, 4.69) is 25.2 Å². The molecule has 0 unspecified atom stereocenters. The van der Waals surface area contributed by atoms with E-state index in [0.717, 1.165) is 28.3 Å². The number of anilines is 2. The van der Waals surface area contributed by atoms with Gasteiger partial charge in [0.25, 0.3) is 0 Å². The minimum absolute atomic E-state index is 0.0889. The van der Waals surface area contributed by atoms with Crippen LogP contribution >= 0.6 is 0 Å². The number of nitrogens with one attached hydrogen (secondary N) is 1. The first-order valence-electron chi connectivity index (χ1n) is 10.6. The zero-order valence-electron chi connectivity index (χ0n) is 17.8. The highest BCUT2D eigenvalue weighted by atomic mass is 16.2. The summed E-state index contributed by atoms with van der Waals surface area (Å²) in [7, 11) is 0. The van der Waals surface area contributed by atoms with Crippen LogP contribution in [-0.4, -0.2) is 57.0 Å². The van der Waals surface area contributed by atoms with Crippen molar-refractivity contribution in [2.75, 3.05) is 36.4 Å². The summed E-state index contributed by atoms with van der Waals surface area (Å²) < 4.78 is 0. The number of nitrogens with zero attached hydrogens (tertiary/aromatic N) is 6. The number of piperazine rings is 1. The fraction of sp³-hybridized carbons (Fsp3) is 0.208. The van der Waals surface area contributed by atoms with Crippen molar-refractivity contribution in [2.45, 2.75) is 6.92 Å². The zero-order chi connectivity index (χ0) is 21.9. The lowest BCUT2D eigenvalue weighted by molar-refractivity contribution is 0.208. The van der Waals surface area contributed by atoms with Gasteiger partial charge in [-0.05, 0) is 24.6 Å². The van der Waals surface area contributed by atoms with E-state index in [-0.39, 0.29) is 6.03 Å². The summed E-state index contributed by atoms with van der Waals surface area (Å²) in [6.07, 6.45) is 3.26. The maximum atomic E-state index is 12.7. The molecule has 2 aromatic heterocycles. The van der Waals surface area contributed by atoms with E-state index in [9.17, 15) is 4.79 Å². The average Bonchev–Trinajstić information content (AvgIpc) is 2.84. The van der Waals surface area contributed by atoms with Crippen LogP contribution in [0.3, 0.4) is 0 Å². The highest BCUT2D eigenvalue weighted by Gasteiger charge is 2.24. The van der Waals surface area contributed by atoms with E-state index < -0.39 is 0 Å². The first-order chi connectivity index (χ1) is 15.7. The van der Waals surface area contributed by atoms with Gasteiger partial charge in [-0.25, -0.2) is 24.7 Å². The smallest absolute Gasteiger partial charge is 0.321 e. The maximum absolute atomic E-state index is 12.7. The highest BCUT2D eigenvalue weighted by molar-refractivity contribution is 5.90. The highest BCUT2D eigenvalue weighted by Crippen LogP contribution is 2.24. The fourth-order valence-electron chi connectivity index (χ4n) is 3.85. The number of carbonyl (C=O) groups is 1. The van der Waals surface area contributed by atoms with Gasteiger partial charge in [0, 0.05) is 37.4 Å². The van der Waals surface area contributed by atoms with Crippen LogP contribution in [0.1, 0.15) is 5.56 Å². The van der Waals surface area contributed by atoms with E-state index in [1.165, 1.54) is 6.33 Å². The largest absolute Gasteiger partial charge is 0.351 e. The molecule has 1 aliphatic rings. The molecule has 1 aliphatic heterocycles. The number of carbonyl (C=O) groups excluding carboxylic acids is 1. The summed E-state index contributed by atoms with van der Waals surface area (Å²) in [5.74, 6) is 0.749. The Kier molecular flexibility index (Phi) is 5.33. The molecule has 0 saturated carbocycles. The van der Waals surface area contributed by atoms with Gasteiger partial charge < -0.3 is 15.1 Å². The van der Waals surface area contributed by atoms with Crippen LogP contribution in [0.25, 0.3) is 22.4 Å². The van der Waals surface area contributed by atoms with Crippen LogP contribution in [0.2, 0.25) is 0 Å². The number of hydrogen-bond donors (Lipinski definition) is 1. The SMILES string of the molecule is Cc1cccc(NC(=O)N2CCN(c3ncnc4ncc(-c5ccccc5)nc34)CC2)c1. The van der Waals surface area contributed by atoms with Gasteiger partial charge in [0.1, 0.15) is 6.33 Å². The molecule has 3 heterocycles. The minimum Gasteiger partial charge on any atom is -0.351 e. The number of fused-ring (bicyclic) bond motifs is 1. The minimum atomic E-state index is -0.0889. The van der Waals surface area contributed by atoms with Crippen molar-refractivity contribution >= 4 is 28.7 Å². The molecular weight excluding hydrogens is 402 g/mol. The molecule has 1 fully saturated rings. The predicted octanol–water partition coefficient (Wildman–Crippen LogP) is 3.75.